The molecular weight excluding hydrogens is 368 g/mol. The molecule has 2 atom stereocenters. The lowest BCUT2D eigenvalue weighted by molar-refractivity contribution is 0.511. The van der Waals surface area contributed by atoms with Gasteiger partial charge in [0, 0.05) is 36.7 Å². The molecule has 5 rings (SSSR count). The molecule has 0 radical (unpaired) electrons. The lowest BCUT2D eigenvalue weighted by atomic mass is 9.96. The predicted molar refractivity (Wildman–Crippen MR) is 124 cm³/mol. The summed E-state index contributed by atoms with van der Waals surface area (Å²) in [7, 11) is 0. The number of hydrogen-bond acceptors (Lipinski definition) is 3. The smallest absolute Gasteiger partial charge is 0.0648 e. The van der Waals surface area contributed by atoms with Gasteiger partial charge in [-0.25, -0.2) is 4.68 Å². The van der Waals surface area contributed by atoms with E-state index in [0.29, 0.717) is 6.04 Å². The summed E-state index contributed by atoms with van der Waals surface area (Å²) in [6.07, 6.45) is 12.4. The van der Waals surface area contributed by atoms with Crippen molar-refractivity contribution < 1.29 is 0 Å². The normalized spacial score (nSPS) is 20.4. The van der Waals surface area contributed by atoms with Crippen molar-refractivity contribution in [2.75, 3.05) is 11.9 Å². The summed E-state index contributed by atoms with van der Waals surface area (Å²) in [6.45, 7) is 3.32. The Morgan fingerprint density at radius 3 is 2.60 bits per heavy atom. The van der Waals surface area contributed by atoms with Gasteiger partial charge in [0.25, 0.3) is 0 Å². The van der Waals surface area contributed by atoms with Crippen molar-refractivity contribution in [2.24, 2.45) is 0 Å². The Morgan fingerprint density at radius 1 is 1.03 bits per heavy atom. The molecule has 0 spiro atoms. The molecule has 1 saturated heterocycles. The van der Waals surface area contributed by atoms with Crippen molar-refractivity contribution in [3.05, 3.63) is 66.0 Å². The van der Waals surface area contributed by atoms with Crippen LogP contribution in [0.2, 0.25) is 0 Å². The molecule has 2 unspecified atom stereocenters. The van der Waals surface area contributed by atoms with Crippen LogP contribution in [0, 0.1) is 0 Å². The number of anilines is 1. The quantitative estimate of drug-likeness (QED) is 0.585. The van der Waals surface area contributed by atoms with Crippen molar-refractivity contribution in [1.29, 1.82) is 0 Å². The Morgan fingerprint density at radius 2 is 1.83 bits per heavy atom. The molecule has 4 nitrogen and oxygen atoms in total. The van der Waals surface area contributed by atoms with Gasteiger partial charge in [-0.1, -0.05) is 19.1 Å². The molecule has 1 fully saturated rings. The van der Waals surface area contributed by atoms with Gasteiger partial charge in [0.15, 0.2) is 0 Å². The molecule has 1 aliphatic carbocycles. The van der Waals surface area contributed by atoms with Gasteiger partial charge in [0.2, 0.25) is 0 Å². The standard InChI is InChI=1S/C26H32N4/c1-2-21-7-8-22(29-21)13-15-27-23-9-11-25-19(17-23)5-3-6-20-18-24(10-12-26(20)25)30-16-4-14-28-30/h4,9-12,14,16-18,21-22,27,29H,2-3,5-8,13,15H2,1H3. The van der Waals surface area contributed by atoms with Gasteiger partial charge in [0.05, 0.1) is 5.69 Å². The number of nitrogens with zero attached hydrogens (tertiary/aromatic N) is 2. The van der Waals surface area contributed by atoms with E-state index in [9.17, 15) is 0 Å². The van der Waals surface area contributed by atoms with Crippen LogP contribution in [0.4, 0.5) is 5.69 Å². The summed E-state index contributed by atoms with van der Waals surface area (Å²) in [5.41, 5.74) is 8.08. The average molecular weight is 401 g/mol. The minimum Gasteiger partial charge on any atom is -0.385 e. The van der Waals surface area contributed by atoms with E-state index >= 15 is 0 Å². The van der Waals surface area contributed by atoms with Gasteiger partial charge in [-0.15, -0.1) is 0 Å². The van der Waals surface area contributed by atoms with Crippen LogP contribution in [0.25, 0.3) is 16.8 Å². The molecule has 0 amide bonds. The molecule has 2 heterocycles. The number of nitrogens with one attached hydrogen (secondary N) is 2. The van der Waals surface area contributed by atoms with Crippen molar-refractivity contribution in [3.63, 3.8) is 0 Å². The predicted octanol–water partition coefficient (Wildman–Crippen LogP) is 5.36. The van der Waals surface area contributed by atoms with Crippen molar-refractivity contribution in [2.45, 2.75) is 64.0 Å². The van der Waals surface area contributed by atoms with E-state index in [-0.39, 0.29) is 0 Å². The SMILES string of the molecule is CCC1CCC(CCNc2ccc3c(c2)CCCc2cc(-n4cccn4)ccc2-3)N1. The average Bonchev–Trinajstić information content (AvgIpc) is 3.43. The van der Waals surface area contributed by atoms with Crippen LogP contribution in [0.1, 0.15) is 50.2 Å². The first-order valence-corrected chi connectivity index (χ1v) is 11.6. The Balaban J connectivity index is 1.29. The fourth-order valence-corrected chi connectivity index (χ4v) is 5.10. The van der Waals surface area contributed by atoms with Gasteiger partial charge in [0.1, 0.15) is 0 Å². The molecule has 0 saturated carbocycles. The number of hydrogen-bond donors (Lipinski definition) is 2. The van der Waals surface area contributed by atoms with Crippen LogP contribution >= 0.6 is 0 Å². The molecule has 3 aromatic rings. The van der Waals surface area contributed by atoms with Crippen LogP contribution in [-0.2, 0) is 12.8 Å². The highest BCUT2D eigenvalue weighted by atomic mass is 15.3. The molecule has 30 heavy (non-hydrogen) atoms. The maximum absolute atomic E-state index is 4.38. The van der Waals surface area contributed by atoms with E-state index in [1.165, 1.54) is 60.0 Å². The minimum absolute atomic E-state index is 0.680. The largest absolute Gasteiger partial charge is 0.385 e. The van der Waals surface area contributed by atoms with Crippen LogP contribution in [0.15, 0.2) is 54.9 Å². The fourth-order valence-electron chi connectivity index (χ4n) is 5.10. The summed E-state index contributed by atoms with van der Waals surface area (Å²) in [5.74, 6) is 0. The van der Waals surface area contributed by atoms with Gasteiger partial charge in [-0.3, -0.25) is 0 Å². The second-order valence-electron chi connectivity index (χ2n) is 8.78. The topological polar surface area (TPSA) is 41.9 Å². The van der Waals surface area contributed by atoms with Crippen LogP contribution in [0.3, 0.4) is 0 Å². The maximum atomic E-state index is 4.38. The van der Waals surface area contributed by atoms with E-state index in [1.54, 1.807) is 0 Å². The maximum Gasteiger partial charge on any atom is 0.0648 e. The minimum atomic E-state index is 0.680. The van der Waals surface area contributed by atoms with E-state index < -0.39 is 0 Å². The molecule has 1 aliphatic heterocycles. The number of benzene rings is 2. The van der Waals surface area contributed by atoms with E-state index in [4.69, 9.17) is 0 Å². The summed E-state index contributed by atoms with van der Waals surface area (Å²) in [6, 6.07) is 17.1. The Bertz CT molecular complexity index is 992. The van der Waals surface area contributed by atoms with Gasteiger partial charge >= 0.3 is 0 Å². The van der Waals surface area contributed by atoms with E-state index in [0.717, 1.165) is 31.1 Å². The molecule has 2 aliphatic rings. The third-order valence-corrected chi connectivity index (χ3v) is 6.80. The number of rotatable bonds is 6. The van der Waals surface area contributed by atoms with Crippen molar-refractivity contribution >= 4 is 5.69 Å². The van der Waals surface area contributed by atoms with Crippen molar-refractivity contribution in [1.82, 2.24) is 15.1 Å². The van der Waals surface area contributed by atoms with Crippen LogP contribution in [-0.4, -0.2) is 28.4 Å². The van der Waals surface area contributed by atoms with Gasteiger partial charge in [-0.2, -0.15) is 5.10 Å². The number of fused-ring (bicyclic) bond motifs is 3. The van der Waals surface area contributed by atoms with Gasteiger partial charge < -0.3 is 10.6 Å². The van der Waals surface area contributed by atoms with Gasteiger partial charge in [-0.05, 0) is 97.5 Å². The first-order chi connectivity index (χ1) is 14.8. The number of aromatic nitrogens is 2. The highest BCUT2D eigenvalue weighted by Gasteiger charge is 2.21. The highest BCUT2D eigenvalue weighted by molar-refractivity contribution is 5.75. The highest BCUT2D eigenvalue weighted by Crippen LogP contribution is 2.35. The molecule has 2 N–H and O–H groups in total. The summed E-state index contributed by atoms with van der Waals surface area (Å²) in [4.78, 5) is 0. The first-order valence-electron chi connectivity index (χ1n) is 11.6. The van der Waals surface area contributed by atoms with E-state index in [1.807, 2.05) is 23.1 Å². The zero-order valence-electron chi connectivity index (χ0n) is 17.9. The molecule has 4 heteroatoms. The fraction of sp³-hybridized carbons (Fsp3) is 0.423. The summed E-state index contributed by atoms with van der Waals surface area (Å²) < 4.78 is 1.95. The second-order valence-corrected chi connectivity index (χ2v) is 8.78. The zero-order valence-corrected chi connectivity index (χ0v) is 17.9. The third kappa shape index (κ3) is 4.01. The van der Waals surface area contributed by atoms with Crippen LogP contribution < -0.4 is 10.6 Å². The zero-order chi connectivity index (χ0) is 20.3. The Hall–Kier alpha value is -2.59. The van der Waals surface area contributed by atoms with Crippen LogP contribution in [0.5, 0.6) is 0 Å². The summed E-state index contributed by atoms with van der Waals surface area (Å²) >= 11 is 0. The third-order valence-electron chi connectivity index (χ3n) is 6.80. The second kappa shape index (κ2) is 8.65. The molecule has 0 bridgehead atoms. The molecule has 2 aromatic carbocycles. The lowest BCUT2D eigenvalue weighted by Gasteiger charge is -2.16. The molecule has 156 valence electrons. The molecule has 1 aromatic heterocycles. The Labute approximate surface area is 179 Å². The monoisotopic (exact) mass is 400 g/mol. The molecular formula is C26H32N4. The van der Waals surface area contributed by atoms with E-state index in [2.05, 4.69) is 59.1 Å². The number of aryl methyl sites for hydroxylation is 2. The van der Waals surface area contributed by atoms with Crippen molar-refractivity contribution in [3.8, 4) is 16.8 Å². The first kappa shape index (κ1) is 19.4. The summed E-state index contributed by atoms with van der Waals surface area (Å²) in [5, 5.41) is 11.8. The Kier molecular flexibility index (Phi) is 5.58. The lowest BCUT2D eigenvalue weighted by Crippen LogP contribution is -2.30.